The molecule has 1 unspecified atom stereocenters. The van der Waals surface area contributed by atoms with E-state index < -0.39 is 52.7 Å². The van der Waals surface area contributed by atoms with E-state index in [1.165, 1.54) is 11.0 Å². The average molecular weight is 473 g/mol. The number of fused-ring (bicyclic) bond motifs is 1. The minimum Gasteiger partial charge on any atom is -0.342 e. The summed E-state index contributed by atoms with van der Waals surface area (Å²) in [4.78, 5) is 41.0. The molecule has 9 heteroatoms. The summed E-state index contributed by atoms with van der Waals surface area (Å²) in [5.41, 5.74) is 0.0567. The highest BCUT2D eigenvalue weighted by molar-refractivity contribution is 6.00. The van der Waals surface area contributed by atoms with Gasteiger partial charge in [-0.05, 0) is 42.6 Å². The zero-order chi connectivity index (χ0) is 25.2. The molecule has 1 heterocycles. The number of hydrogen-bond donors (Lipinski definition) is 3. The zero-order valence-corrected chi connectivity index (χ0v) is 19.9. The summed E-state index contributed by atoms with van der Waals surface area (Å²) >= 11 is 0. The molecule has 0 fully saturated rings. The summed E-state index contributed by atoms with van der Waals surface area (Å²) < 4.78 is 28.4. The number of carbonyl (C=O) groups excluding carboxylic acids is 3. The van der Waals surface area contributed by atoms with Crippen LogP contribution < -0.4 is 16.0 Å². The smallest absolute Gasteiger partial charge is 0.252 e. The van der Waals surface area contributed by atoms with E-state index in [0.717, 1.165) is 17.7 Å². The van der Waals surface area contributed by atoms with Gasteiger partial charge in [-0.25, -0.2) is 8.78 Å². The molecule has 7 nitrogen and oxygen atoms in total. The molecule has 0 aromatic heterocycles. The van der Waals surface area contributed by atoms with Gasteiger partial charge < -0.3 is 20.9 Å². The Morgan fingerprint density at radius 3 is 2.24 bits per heavy atom. The molecule has 0 bridgehead atoms. The monoisotopic (exact) mass is 472 g/mol. The predicted molar refractivity (Wildman–Crippen MR) is 125 cm³/mol. The Balaban J connectivity index is 1.97. The van der Waals surface area contributed by atoms with E-state index in [9.17, 15) is 23.2 Å². The van der Waals surface area contributed by atoms with Crippen molar-refractivity contribution < 1.29 is 23.2 Å². The Bertz CT molecular complexity index is 1080. The first-order valence-corrected chi connectivity index (χ1v) is 11.1. The Hall–Kier alpha value is -3.33. The number of carbonyl (C=O) groups is 3. The molecule has 0 radical (unpaired) electrons. The first-order valence-electron chi connectivity index (χ1n) is 11.1. The number of anilines is 1. The van der Waals surface area contributed by atoms with Crippen LogP contribution in [0.3, 0.4) is 0 Å². The summed E-state index contributed by atoms with van der Waals surface area (Å²) in [6, 6.07) is 7.71. The first kappa shape index (κ1) is 25.3. The predicted octanol–water partition coefficient (Wildman–Crippen LogP) is 3.13. The van der Waals surface area contributed by atoms with Crippen LogP contribution in [0.1, 0.15) is 44.9 Å². The van der Waals surface area contributed by atoms with Crippen molar-refractivity contribution in [2.45, 2.75) is 52.4 Å². The zero-order valence-electron chi connectivity index (χ0n) is 19.9. The maximum atomic E-state index is 14.2. The van der Waals surface area contributed by atoms with Gasteiger partial charge in [-0.2, -0.15) is 0 Å². The van der Waals surface area contributed by atoms with Gasteiger partial charge in [0.15, 0.2) is 0 Å². The minimum absolute atomic E-state index is 0.122. The molecule has 182 valence electrons. The number of hydrogen-bond acceptors (Lipinski definition) is 4. The summed E-state index contributed by atoms with van der Waals surface area (Å²) in [6.07, 6.45) is 0. The number of para-hydroxylation sites is 1. The fourth-order valence-corrected chi connectivity index (χ4v) is 3.90. The van der Waals surface area contributed by atoms with Crippen LogP contribution >= 0.6 is 0 Å². The fraction of sp³-hybridized carbons (Fsp3) is 0.400. The number of nitrogens with zero attached hydrogens (tertiary/aromatic N) is 1. The summed E-state index contributed by atoms with van der Waals surface area (Å²) in [7, 11) is 1.64. The van der Waals surface area contributed by atoms with Crippen molar-refractivity contribution in [2.75, 3.05) is 12.4 Å². The normalized spacial score (nSPS) is 17.0. The number of rotatable bonds is 6. The van der Waals surface area contributed by atoms with Crippen LogP contribution in [0.15, 0.2) is 42.5 Å². The lowest BCUT2D eigenvalue weighted by molar-refractivity contribution is -0.144. The quantitative estimate of drug-likeness (QED) is 0.603. The van der Waals surface area contributed by atoms with E-state index in [4.69, 9.17) is 0 Å². The molecule has 0 saturated heterocycles. The Labute approximate surface area is 197 Å². The van der Waals surface area contributed by atoms with Crippen molar-refractivity contribution in [3.63, 3.8) is 0 Å². The molecule has 0 saturated carbocycles. The second-order valence-electron chi connectivity index (χ2n) is 9.47. The van der Waals surface area contributed by atoms with Crippen molar-refractivity contribution in [3.8, 4) is 0 Å². The van der Waals surface area contributed by atoms with Crippen molar-refractivity contribution in [1.29, 1.82) is 0 Å². The third-order valence-corrected chi connectivity index (χ3v) is 5.97. The molecule has 0 spiro atoms. The van der Waals surface area contributed by atoms with Gasteiger partial charge in [-0.15, -0.1) is 0 Å². The van der Waals surface area contributed by atoms with Gasteiger partial charge in [0.1, 0.15) is 29.4 Å². The largest absolute Gasteiger partial charge is 0.342 e. The molecule has 0 aliphatic carbocycles. The molecule has 2 aromatic carbocycles. The topological polar surface area (TPSA) is 90.5 Å². The summed E-state index contributed by atoms with van der Waals surface area (Å²) in [5.74, 6) is -3.40. The van der Waals surface area contributed by atoms with Crippen molar-refractivity contribution in [1.82, 2.24) is 15.5 Å². The summed E-state index contributed by atoms with van der Waals surface area (Å²) in [6.45, 7) is 7.23. The Morgan fingerprint density at radius 1 is 1.03 bits per heavy atom. The maximum absolute atomic E-state index is 14.2. The number of likely N-dealkylation sites (N-methyl/N-ethyl adjacent to an activating group) is 1. The van der Waals surface area contributed by atoms with E-state index in [1.807, 2.05) is 20.8 Å². The second-order valence-corrected chi connectivity index (χ2v) is 9.47. The number of amides is 3. The van der Waals surface area contributed by atoms with Crippen LogP contribution in [0.5, 0.6) is 0 Å². The van der Waals surface area contributed by atoms with Gasteiger partial charge in [0.25, 0.3) is 5.91 Å². The minimum atomic E-state index is -1.12. The van der Waals surface area contributed by atoms with Gasteiger partial charge in [0.05, 0.1) is 6.04 Å². The van der Waals surface area contributed by atoms with E-state index in [1.54, 1.807) is 38.2 Å². The summed E-state index contributed by atoms with van der Waals surface area (Å²) in [5, 5.41) is 7.94. The average Bonchev–Trinajstić information content (AvgIpc) is 3.17. The van der Waals surface area contributed by atoms with E-state index >= 15 is 0 Å². The van der Waals surface area contributed by atoms with Crippen LogP contribution in [0, 0.1) is 17.0 Å². The van der Waals surface area contributed by atoms with Crippen LogP contribution in [-0.2, 0) is 20.9 Å². The molecule has 3 amide bonds. The van der Waals surface area contributed by atoms with Crippen molar-refractivity contribution in [3.05, 3.63) is 65.2 Å². The van der Waals surface area contributed by atoms with Gasteiger partial charge in [0, 0.05) is 6.54 Å². The lowest BCUT2D eigenvalue weighted by Crippen LogP contribution is -2.57. The van der Waals surface area contributed by atoms with Crippen molar-refractivity contribution >= 4 is 23.4 Å². The highest BCUT2D eigenvalue weighted by atomic mass is 19.1. The molecule has 2 aromatic rings. The second kappa shape index (κ2) is 9.89. The van der Waals surface area contributed by atoms with Crippen LogP contribution in [0.25, 0.3) is 0 Å². The van der Waals surface area contributed by atoms with Crippen LogP contribution in [0.2, 0.25) is 0 Å². The highest BCUT2D eigenvalue weighted by Crippen LogP contribution is 2.37. The third kappa shape index (κ3) is 5.09. The molecule has 1 aliphatic heterocycles. The van der Waals surface area contributed by atoms with Gasteiger partial charge in [-0.1, -0.05) is 51.1 Å². The lowest BCUT2D eigenvalue weighted by atomic mass is 9.85. The number of nitrogens with one attached hydrogen (secondary N) is 3. The Morgan fingerprint density at radius 2 is 1.65 bits per heavy atom. The fourth-order valence-electron chi connectivity index (χ4n) is 3.90. The third-order valence-electron chi connectivity index (χ3n) is 5.97. The SMILES string of the molecule is CN[C@@H](C)C(=O)N[C@H](C(=O)N1Cc2ccccc2C1C(=O)Nc1c(F)cccc1F)C(C)(C)C. The van der Waals surface area contributed by atoms with E-state index in [2.05, 4.69) is 16.0 Å². The Kier molecular flexibility index (Phi) is 7.35. The first-order chi connectivity index (χ1) is 16.0. The highest BCUT2D eigenvalue weighted by Gasteiger charge is 2.44. The maximum Gasteiger partial charge on any atom is 0.252 e. The molecule has 1 aliphatic rings. The van der Waals surface area contributed by atoms with Gasteiger partial charge >= 0.3 is 0 Å². The molecule has 3 N–H and O–H groups in total. The van der Waals surface area contributed by atoms with Gasteiger partial charge in [-0.3, -0.25) is 14.4 Å². The molecule has 3 rings (SSSR count). The van der Waals surface area contributed by atoms with E-state index in [0.29, 0.717) is 5.56 Å². The molecule has 34 heavy (non-hydrogen) atoms. The molecule has 3 atom stereocenters. The van der Waals surface area contributed by atoms with Crippen molar-refractivity contribution in [2.24, 2.45) is 5.41 Å². The number of benzene rings is 2. The standard InChI is InChI=1S/C25H30F2N4O3/c1-14(28-5)22(32)30-21(25(2,3)4)24(34)31-13-15-9-6-7-10-16(15)20(31)23(33)29-19-17(26)11-8-12-18(19)27/h6-12,14,20-21,28H,13H2,1-5H3,(H,29,33)(H,30,32)/t14-,20?,21+/m0/s1. The molecular weight excluding hydrogens is 442 g/mol. The number of halogens is 2. The van der Waals surface area contributed by atoms with E-state index in [-0.39, 0.29) is 12.5 Å². The molecular formula is C25H30F2N4O3. The lowest BCUT2D eigenvalue weighted by Gasteiger charge is -2.36. The van der Waals surface area contributed by atoms with Gasteiger partial charge in [0.2, 0.25) is 11.8 Å². The van der Waals surface area contributed by atoms with Crippen LogP contribution in [-0.4, -0.2) is 41.8 Å². The van der Waals surface area contributed by atoms with Crippen LogP contribution in [0.4, 0.5) is 14.5 Å².